The zero-order chi connectivity index (χ0) is 20.6. The Bertz CT molecular complexity index is 641. The van der Waals surface area contributed by atoms with Crippen molar-refractivity contribution in [1.82, 2.24) is 0 Å². The molecule has 150 valence electrons. The average Bonchev–Trinajstić information content (AvgIpc) is 2.52. The molecule has 0 aromatic carbocycles. The summed E-state index contributed by atoms with van der Waals surface area (Å²) in [7, 11) is 0. The van der Waals surface area contributed by atoms with E-state index in [1.807, 2.05) is 0 Å². The maximum atomic E-state index is 11.7. The number of carbonyl (C=O) groups is 3. The molecule has 0 spiro atoms. The minimum Gasteiger partial charge on any atom is -0.458 e. The maximum absolute atomic E-state index is 11.7. The number of hydrogen-bond donors (Lipinski definition) is 0. The van der Waals surface area contributed by atoms with Crippen LogP contribution < -0.4 is 0 Å². The smallest absolute Gasteiger partial charge is 0.307 e. The van der Waals surface area contributed by atoms with Crippen LogP contribution in [0.1, 0.15) is 60.3 Å². The summed E-state index contributed by atoms with van der Waals surface area (Å²) < 4.78 is 15.3. The van der Waals surface area contributed by atoms with Crippen LogP contribution in [0, 0.1) is 11.3 Å². The van der Waals surface area contributed by atoms with E-state index >= 15 is 0 Å². The highest BCUT2D eigenvalue weighted by atomic mass is 16.5. The van der Waals surface area contributed by atoms with Crippen molar-refractivity contribution in [2.45, 2.75) is 66.4 Å². The predicted molar refractivity (Wildman–Crippen MR) is 101 cm³/mol. The first kappa shape index (κ1) is 22.7. The van der Waals surface area contributed by atoms with Crippen molar-refractivity contribution in [3.05, 3.63) is 36.3 Å². The van der Waals surface area contributed by atoms with Crippen molar-refractivity contribution in [2.24, 2.45) is 11.3 Å². The highest BCUT2D eigenvalue weighted by Crippen LogP contribution is 2.46. The van der Waals surface area contributed by atoms with E-state index in [0.29, 0.717) is 12.0 Å². The summed E-state index contributed by atoms with van der Waals surface area (Å²) in [6.45, 7) is 12.4. The van der Waals surface area contributed by atoms with Gasteiger partial charge in [-0.2, -0.15) is 0 Å². The Morgan fingerprint density at radius 1 is 1.15 bits per heavy atom. The second kappa shape index (κ2) is 10.1. The third-order valence-electron chi connectivity index (χ3n) is 4.74. The van der Waals surface area contributed by atoms with Crippen LogP contribution in [0.2, 0.25) is 0 Å². The fourth-order valence-corrected chi connectivity index (χ4v) is 3.41. The van der Waals surface area contributed by atoms with Crippen LogP contribution >= 0.6 is 0 Å². The lowest BCUT2D eigenvalue weighted by molar-refractivity contribution is -0.145. The molecule has 6 nitrogen and oxygen atoms in total. The lowest BCUT2D eigenvalue weighted by Gasteiger charge is -2.41. The molecular weight excluding hydrogens is 348 g/mol. The van der Waals surface area contributed by atoms with E-state index in [9.17, 15) is 14.4 Å². The minimum atomic E-state index is -0.659. The van der Waals surface area contributed by atoms with Gasteiger partial charge in [-0.05, 0) is 43.1 Å². The summed E-state index contributed by atoms with van der Waals surface area (Å²) in [6.07, 6.45) is 6.81. The van der Waals surface area contributed by atoms with Crippen molar-refractivity contribution in [3.63, 3.8) is 0 Å². The van der Waals surface area contributed by atoms with Crippen LogP contribution in [0.15, 0.2) is 36.3 Å². The molecule has 1 aliphatic rings. The van der Waals surface area contributed by atoms with Crippen molar-refractivity contribution in [1.29, 1.82) is 0 Å². The van der Waals surface area contributed by atoms with Crippen LogP contribution in [-0.2, 0) is 28.6 Å². The summed E-state index contributed by atoms with van der Waals surface area (Å²) in [4.78, 5) is 33.9. The number of carbonyl (C=O) groups excluding carboxylic acids is 3. The Morgan fingerprint density at radius 2 is 1.78 bits per heavy atom. The molecule has 0 bridgehead atoms. The topological polar surface area (TPSA) is 78.9 Å². The normalized spacial score (nSPS) is 20.9. The first-order chi connectivity index (χ1) is 12.5. The fraction of sp³-hybridized carbons (Fsp3) is 0.571. The van der Waals surface area contributed by atoms with Crippen molar-refractivity contribution >= 4 is 17.9 Å². The zero-order valence-corrected chi connectivity index (χ0v) is 16.9. The Kier molecular flexibility index (Phi) is 8.47. The molecule has 0 amide bonds. The molecule has 0 radical (unpaired) electrons. The molecule has 1 fully saturated rings. The van der Waals surface area contributed by atoms with Crippen molar-refractivity contribution in [3.8, 4) is 0 Å². The Morgan fingerprint density at radius 3 is 2.30 bits per heavy atom. The second-order valence-corrected chi connectivity index (χ2v) is 7.53. The lowest BCUT2D eigenvalue weighted by Crippen LogP contribution is -2.34. The molecule has 0 aliphatic heterocycles. The van der Waals surface area contributed by atoms with E-state index in [4.69, 9.17) is 14.2 Å². The molecule has 27 heavy (non-hydrogen) atoms. The molecule has 6 heteroatoms. The van der Waals surface area contributed by atoms with E-state index in [1.54, 1.807) is 0 Å². The molecule has 2 unspecified atom stereocenters. The largest absolute Gasteiger partial charge is 0.458 e. The zero-order valence-electron chi connectivity index (χ0n) is 16.9. The van der Waals surface area contributed by atoms with Crippen LogP contribution in [0.5, 0.6) is 0 Å². The van der Waals surface area contributed by atoms with Gasteiger partial charge in [0.05, 0.1) is 6.26 Å². The van der Waals surface area contributed by atoms with Crippen molar-refractivity contribution in [2.75, 3.05) is 0 Å². The Hall–Kier alpha value is -2.37. The van der Waals surface area contributed by atoms with Crippen molar-refractivity contribution < 1.29 is 28.6 Å². The van der Waals surface area contributed by atoms with Gasteiger partial charge in [-0.15, -0.1) is 0 Å². The van der Waals surface area contributed by atoms with Crippen LogP contribution in [-0.4, -0.2) is 24.0 Å². The first-order valence-corrected chi connectivity index (χ1v) is 9.09. The Labute approximate surface area is 161 Å². The number of hydrogen-bond acceptors (Lipinski definition) is 6. The van der Waals surface area contributed by atoms with Gasteiger partial charge < -0.3 is 14.2 Å². The number of esters is 3. The molecule has 0 aromatic heterocycles. The van der Waals surface area contributed by atoms with Crippen LogP contribution in [0.3, 0.4) is 0 Å². The van der Waals surface area contributed by atoms with Gasteiger partial charge in [0.15, 0.2) is 0 Å². The van der Waals surface area contributed by atoms with Gasteiger partial charge in [0.1, 0.15) is 12.4 Å². The van der Waals surface area contributed by atoms with Crippen LogP contribution in [0.4, 0.5) is 0 Å². The monoisotopic (exact) mass is 378 g/mol. The molecule has 0 aromatic rings. The summed E-state index contributed by atoms with van der Waals surface area (Å²) in [5.41, 5.74) is 1.56. The molecular formula is C21H30O6. The predicted octanol–water partition coefficient (Wildman–Crippen LogP) is 4.21. The van der Waals surface area contributed by atoms with Gasteiger partial charge in [-0.25, -0.2) is 0 Å². The number of rotatable bonds is 7. The highest BCUT2D eigenvalue weighted by molar-refractivity contribution is 5.68. The average molecular weight is 378 g/mol. The van der Waals surface area contributed by atoms with E-state index in [0.717, 1.165) is 24.8 Å². The van der Waals surface area contributed by atoms with Gasteiger partial charge in [0.2, 0.25) is 0 Å². The number of ether oxygens (including phenoxy) is 3. The molecule has 0 saturated heterocycles. The minimum absolute atomic E-state index is 0.0138. The first-order valence-electron chi connectivity index (χ1n) is 9.09. The summed E-state index contributed by atoms with van der Waals surface area (Å²) >= 11 is 0. The van der Waals surface area contributed by atoms with Gasteiger partial charge in [-0.1, -0.05) is 26.0 Å². The third kappa shape index (κ3) is 7.81. The van der Waals surface area contributed by atoms with E-state index in [1.165, 1.54) is 39.4 Å². The summed E-state index contributed by atoms with van der Waals surface area (Å²) in [5, 5.41) is 0. The molecule has 0 heterocycles. The second-order valence-electron chi connectivity index (χ2n) is 7.53. The summed E-state index contributed by atoms with van der Waals surface area (Å²) in [6, 6.07) is 0. The Balaban J connectivity index is 3.16. The summed E-state index contributed by atoms with van der Waals surface area (Å²) in [5.74, 6) is -1.30. The molecule has 1 rings (SSSR count). The quantitative estimate of drug-likeness (QED) is 0.217. The van der Waals surface area contributed by atoms with E-state index in [-0.39, 0.29) is 11.3 Å². The van der Waals surface area contributed by atoms with Gasteiger partial charge in [-0.3, -0.25) is 14.4 Å². The SMILES string of the molecule is C=C1CCCC(C)(C)C1CC(OC(C)=O)C(=C\OC(C)=O)/C=C/OC(C)=O. The fourth-order valence-electron chi connectivity index (χ4n) is 3.41. The highest BCUT2D eigenvalue weighted by Gasteiger charge is 2.37. The molecule has 2 atom stereocenters. The standard InChI is InChI=1S/C21H30O6/c1-14-8-7-10-21(5,6)19(14)12-20(27-17(4)24)18(13-26-16(3)23)9-11-25-15(2)22/h9,11,13,19-20H,1,7-8,10,12H2,2-6H3/b11-9+,18-13-. The number of allylic oxidation sites excluding steroid dienone is 1. The molecule has 1 saturated carbocycles. The van der Waals surface area contributed by atoms with Crippen LogP contribution in [0.25, 0.3) is 0 Å². The third-order valence-corrected chi connectivity index (χ3v) is 4.74. The van der Waals surface area contributed by atoms with Gasteiger partial charge in [0, 0.05) is 26.3 Å². The van der Waals surface area contributed by atoms with E-state index < -0.39 is 24.0 Å². The lowest BCUT2D eigenvalue weighted by atomic mass is 9.64. The molecule has 0 N–H and O–H groups in total. The van der Waals surface area contributed by atoms with E-state index in [2.05, 4.69) is 20.4 Å². The van der Waals surface area contributed by atoms with Gasteiger partial charge >= 0.3 is 17.9 Å². The van der Waals surface area contributed by atoms with Gasteiger partial charge in [0.25, 0.3) is 0 Å². The molecule has 1 aliphatic carbocycles. The maximum Gasteiger partial charge on any atom is 0.307 e.